The number of hydrogen-bond acceptors (Lipinski definition) is 36. The lowest BCUT2D eigenvalue weighted by molar-refractivity contribution is -0.121. The minimum atomic E-state index is -1.72. The zero-order chi connectivity index (χ0) is 108. The number of aromatic nitrogens is 8. The van der Waals surface area contributed by atoms with Crippen LogP contribution in [0.2, 0.25) is 10.0 Å². The van der Waals surface area contributed by atoms with Gasteiger partial charge >= 0.3 is 14.2 Å². The van der Waals surface area contributed by atoms with Gasteiger partial charge in [0.1, 0.15) is 123 Å². The molecule has 11 aromatic heterocycles. The van der Waals surface area contributed by atoms with E-state index in [1.54, 1.807) is 88.3 Å². The van der Waals surface area contributed by atoms with Crippen molar-refractivity contribution in [3.8, 4) is 92.0 Å². The standard InChI is InChI=1S/C29H28N4O6.C18H24BNO4.C17H16ClN3O4.C10H15BN2O5.C10H13BrN2O3.C7H6BrNO3.C7H3ClINO.2CH4.BH3P/c1-33(9-10-34)29(35)24-15-26(36-2)22(17-32-24)27-14-23-28(39-27)21(5-8-31-23)18-3-4-25(19(13-18)16-30)38-20-6-11-37-12-7-20;1-17(2)18(3,4)24-19(23-17)14-5-6-16(13(11-14)12-20)22-15-7-9-21-10-8-15;1-21(5-6-22)17(23)13-8-14(24-2)10(9-20-13)15-7-12-16(25-15)11(18)3-4-19-12;1-13(3-4-14)10(15)8-5-9(18-2)7(6-12-8)11(16)17;1-13(3-4-14)10(15)8-5-9(16-2)7(11)6-12-8;1-11-6-2-7(12-4-10)9-3-5(6)8;8-4-1-2-10-5-3-6(9)11-7(4)5;;;1-2/h3-5,8,13-15,17,20,34H,6-7,9-12H2,1-2H3;5-6,11,15H,7-10H2,1-4H3;3-4,7-9,22H,5-6H2,1-2H3;5-6,14,16-17H,3-4H2,1-2H3;5-6,14H,3-4H2,1-2H3;2-4H,1H3;1-3H;2*1H4;1H,2H2/i;;;;;;;;;1D. The van der Waals surface area contributed by atoms with Crippen LogP contribution in [0.3, 0.4) is 0 Å². The molecule has 3 aliphatic rings. The summed E-state index contributed by atoms with van der Waals surface area (Å²) in [4.78, 5) is 96.8. The van der Waals surface area contributed by atoms with Gasteiger partial charge in [0, 0.05) is 189 Å². The number of amides is 4. The molecule has 13 aromatic rings. The van der Waals surface area contributed by atoms with Crippen molar-refractivity contribution < 1.29 is 124 Å². The van der Waals surface area contributed by atoms with E-state index in [0.29, 0.717) is 148 Å². The molecule has 49 heteroatoms. The summed E-state index contributed by atoms with van der Waals surface area (Å²) in [5, 5.41) is 74.1. The molecular formula is C100H116B3Br2Cl2IN14O26P. The third-order valence-electron chi connectivity index (χ3n) is 22.4. The number of carbonyl (C=O) groups excluding carboxylic acids is 5. The average molecular weight is 2350 g/mol. The van der Waals surface area contributed by atoms with Gasteiger partial charge in [-0.1, -0.05) is 50.2 Å². The number of fused-ring (bicyclic) bond motifs is 3. The molecule has 2 aromatic carbocycles. The normalized spacial score (nSPS) is 13.0. The Kier molecular flexibility index (Phi) is 49.5. The summed E-state index contributed by atoms with van der Waals surface area (Å²) >= 11 is 20.5. The zero-order valence-electron chi connectivity index (χ0n) is 83.3. The number of aliphatic hydroxyl groups excluding tert-OH is 4. The highest BCUT2D eigenvalue weighted by Gasteiger charge is 2.52. The van der Waals surface area contributed by atoms with E-state index in [1.165, 1.54) is 119 Å². The number of furan rings is 3. The van der Waals surface area contributed by atoms with E-state index in [0.717, 1.165) is 51.6 Å². The summed E-state index contributed by atoms with van der Waals surface area (Å²) in [6.45, 7) is 11.5. The third kappa shape index (κ3) is 33.6. The van der Waals surface area contributed by atoms with E-state index in [2.05, 4.69) is 120 Å². The number of nitrogens with zero attached hydrogens (tertiary/aromatic N) is 14. The Bertz CT molecular complexity index is 6740. The molecule has 1 atom stereocenters. The Labute approximate surface area is 907 Å². The van der Waals surface area contributed by atoms with Gasteiger partial charge in [-0.2, -0.15) is 19.6 Å². The van der Waals surface area contributed by atoms with Gasteiger partial charge in [-0.25, -0.2) is 9.97 Å². The summed E-state index contributed by atoms with van der Waals surface area (Å²) in [5.74, 6) is 3.19. The average Bonchev–Trinajstić information content (AvgIpc) is 1.61. The number of aliphatic hydroxyl groups is 4. The first-order chi connectivity index (χ1) is 70.9. The van der Waals surface area contributed by atoms with Crippen LogP contribution in [0.4, 0.5) is 0 Å². The maximum atomic E-state index is 12.6. The second kappa shape index (κ2) is 60.5. The van der Waals surface area contributed by atoms with Crippen molar-refractivity contribution in [2.45, 2.75) is 91.6 Å². The third-order valence-corrected chi connectivity index (χ3v) is 24.7. The lowest BCUT2D eigenvalue weighted by atomic mass is 9.78. The Hall–Kier alpha value is -12.3. The second-order valence-electron chi connectivity index (χ2n) is 32.6. The summed E-state index contributed by atoms with van der Waals surface area (Å²) < 4.78 is 90.9. The van der Waals surface area contributed by atoms with E-state index in [9.17, 15) is 34.5 Å². The molecule has 149 heavy (non-hydrogen) atoms. The van der Waals surface area contributed by atoms with Gasteiger partial charge in [0.15, 0.2) is 20.5 Å². The van der Waals surface area contributed by atoms with Crippen molar-refractivity contribution in [3.63, 3.8) is 0 Å². The van der Waals surface area contributed by atoms with Gasteiger partial charge in [0.25, 0.3) is 30.1 Å². The summed E-state index contributed by atoms with van der Waals surface area (Å²) in [6.07, 6.45) is 15.6. The van der Waals surface area contributed by atoms with Gasteiger partial charge in [-0.05, 0) is 137 Å². The van der Waals surface area contributed by atoms with E-state index >= 15 is 0 Å². The second-order valence-corrected chi connectivity index (χ2v) is 36.2. The van der Waals surface area contributed by atoms with E-state index < -0.39 is 25.4 Å². The molecule has 0 bridgehead atoms. The van der Waals surface area contributed by atoms with Crippen LogP contribution in [0.15, 0.2) is 175 Å². The SMILES string of the molecule is C.C.CC1(C)OB(c2ccc(OC3CCOCC3)c(C#N)c2)OC1(C)C.COc1cc(C(=O)N(C)CCO)ncc1-c1cc2nccc(-c3ccc(OC4CCOCC4)c(C#N)c3)c2o1.COc1cc(C(=O)N(C)CCO)ncc1-c1cc2nccc(Cl)c2o1.COc1cc(C(=O)N(C)CCO)ncc1B(O)O.COc1cc(C(=O)N(C)CCO)ncc1Br.COc1cc(OC=O)ncc1Br.Clc1ccnc2cc(I)oc12.[2H][B]P. The van der Waals surface area contributed by atoms with Crippen molar-refractivity contribution in [1.82, 2.24) is 59.5 Å². The molecule has 3 fully saturated rings. The lowest BCUT2D eigenvalue weighted by Gasteiger charge is -2.32. The highest BCUT2D eigenvalue weighted by atomic mass is 127. The van der Waals surface area contributed by atoms with E-state index in [-0.39, 0.29) is 143 Å². The molecule has 6 N–H and O–H groups in total. The number of benzene rings is 2. The quantitative estimate of drug-likeness (QED) is 0.0115. The van der Waals surface area contributed by atoms with Gasteiger partial charge in [0.2, 0.25) is 5.88 Å². The smallest absolute Gasteiger partial charge is 0.494 e. The summed E-state index contributed by atoms with van der Waals surface area (Å²) in [5.41, 5.74) is 8.28. The molecule has 0 spiro atoms. The predicted molar refractivity (Wildman–Crippen MR) is 581 cm³/mol. The molecule has 791 valence electrons. The fraction of sp³-hybridized carbons (Fsp3) is 0.350. The lowest BCUT2D eigenvalue weighted by Crippen LogP contribution is -2.41. The maximum Gasteiger partial charge on any atom is 0.494 e. The van der Waals surface area contributed by atoms with Crippen molar-refractivity contribution in [1.29, 1.82) is 11.9 Å². The maximum absolute atomic E-state index is 12.6. The molecule has 3 aliphatic heterocycles. The molecule has 0 aliphatic carbocycles. The van der Waals surface area contributed by atoms with E-state index in [4.69, 9.17) is 120 Å². The van der Waals surface area contributed by atoms with Crippen molar-refractivity contribution in [2.24, 2.45) is 0 Å². The van der Waals surface area contributed by atoms with Crippen LogP contribution in [0.5, 0.6) is 46.1 Å². The van der Waals surface area contributed by atoms with Gasteiger partial charge < -0.3 is 120 Å². The topological polar surface area (TPSA) is 521 Å². The first kappa shape index (κ1) is 122. The molecule has 1 unspecified atom stereocenters. The van der Waals surface area contributed by atoms with Crippen LogP contribution in [-0.2, 0) is 23.6 Å². The number of rotatable bonds is 28. The highest BCUT2D eigenvalue weighted by Crippen LogP contribution is 2.42. The molecule has 4 amide bonds. The molecule has 3 saturated heterocycles. The van der Waals surface area contributed by atoms with Crippen LogP contribution < -0.4 is 48.8 Å². The van der Waals surface area contributed by atoms with Crippen LogP contribution in [0.1, 0.15) is 121 Å². The van der Waals surface area contributed by atoms with Crippen LogP contribution in [0, 0.1) is 26.4 Å². The van der Waals surface area contributed by atoms with Crippen LogP contribution in [0.25, 0.3) is 67.1 Å². The highest BCUT2D eigenvalue weighted by molar-refractivity contribution is 14.1. The largest absolute Gasteiger partial charge is 0.497 e. The summed E-state index contributed by atoms with van der Waals surface area (Å²) in [6, 6.07) is 33.6. The number of methoxy groups -OCH3 is 5. The Morgan fingerprint density at radius 1 is 0.517 bits per heavy atom. The van der Waals surface area contributed by atoms with Crippen LogP contribution in [-0.4, -0.2) is 309 Å². The molecule has 16 rings (SSSR count). The fourth-order valence-electron chi connectivity index (χ4n) is 13.8. The Morgan fingerprint density at radius 2 is 0.893 bits per heavy atom. The van der Waals surface area contributed by atoms with Gasteiger partial charge in [-0.15, -0.1) is 0 Å². The first-order valence-corrected chi connectivity index (χ1v) is 49.0. The Morgan fingerprint density at radius 3 is 1.31 bits per heavy atom. The molecule has 0 saturated carbocycles. The summed E-state index contributed by atoms with van der Waals surface area (Å²) in [7, 11) is 14.8. The number of likely N-dealkylation sites (N-methyl/N-ethyl adjacent to an activating group) is 4. The number of pyridine rings is 8. The van der Waals surface area contributed by atoms with Crippen molar-refractivity contribution in [3.05, 3.63) is 209 Å². The fourth-order valence-corrected chi connectivity index (χ4v) is 15.5. The van der Waals surface area contributed by atoms with Gasteiger partial charge in [-0.3, -0.25) is 53.9 Å². The number of hydrogen-bond donors (Lipinski definition) is 6. The number of nitriles is 2. The molecule has 1 radical (unpaired) electrons. The number of carbonyl (C=O) groups is 5. The van der Waals surface area contributed by atoms with Crippen molar-refractivity contribution >= 4 is 183 Å². The predicted octanol–water partition coefficient (Wildman–Crippen LogP) is 13.3. The van der Waals surface area contributed by atoms with Gasteiger partial charge in [0.05, 0.1) is 141 Å². The molecule has 14 heterocycles. The van der Waals surface area contributed by atoms with Crippen LogP contribution >= 0.6 is 86.8 Å². The Balaban J connectivity index is 0.000000244. The minimum Gasteiger partial charge on any atom is -0.497 e. The van der Waals surface area contributed by atoms with Crippen molar-refractivity contribution in [2.75, 3.05) is 143 Å². The molecular weight excluding hydrogens is 2230 g/mol. The zero-order valence-corrected chi connectivity index (χ0v) is 90.3. The number of ether oxygens (including phenoxy) is 10. The van der Waals surface area contributed by atoms with E-state index in [1.807, 2.05) is 64.1 Å². The molecule has 40 nitrogen and oxygen atoms in total. The monoisotopic (exact) mass is 2350 g/mol. The first-order valence-electron chi connectivity index (χ1n) is 45.4. The minimum absolute atomic E-state index is 0. The number of halogens is 5.